The number of anilines is 1. The van der Waals surface area contributed by atoms with Crippen LogP contribution in [-0.2, 0) is 11.8 Å². The van der Waals surface area contributed by atoms with Crippen molar-refractivity contribution in [1.82, 2.24) is 14.5 Å². The van der Waals surface area contributed by atoms with E-state index in [9.17, 15) is 4.79 Å². The number of carbonyl (C=O) groups is 1. The summed E-state index contributed by atoms with van der Waals surface area (Å²) in [6.45, 7) is 1.86. The lowest BCUT2D eigenvalue weighted by atomic mass is 10.4. The highest BCUT2D eigenvalue weighted by Crippen LogP contribution is 2.29. The lowest BCUT2D eigenvalue weighted by Gasteiger charge is -2.09. The zero-order valence-corrected chi connectivity index (χ0v) is 14.5. The minimum absolute atomic E-state index is 0.0694. The van der Waals surface area contributed by atoms with Crippen LogP contribution >= 0.6 is 34.4 Å². The van der Waals surface area contributed by atoms with Crippen LogP contribution in [-0.4, -0.2) is 25.7 Å². The average molecular weight is 350 g/mol. The number of thiophene rings is 1. The molecule has 22 heavy (non-hydrogen) atoms. The predicted molar refractivity (Wildman–Crippen MR) is 92.6 cm³/mol. The highest BCUT2D eigenvalue weighted by Gasteiger charge is 2.18. The van der Waals surface area contributed by atoms with Crippen LogP contribution in [0.3, 0.4) is 0 Å². The first-order valence-electron chi connectivity index (χ1n) is 6.58. The predicted octanol–water partition coefficient (Wildman–Crippen LogP) is 3.72. The summed E-state index contributed by atoms with van der Waals surface area (Å²) in [5.74, 6) is -0.0694. The summed E-state index contributed by atoms with van der Waals surface area (Å²) in [7, 11) is 1.91. The topological polar surface area (TPSA) is 59.8 Å². The third kappa shape index (κ3) is 3.40. The van der Waals surface area contributed by atoms with Crippen molar-refractivity contribution < 1.29 is 4.79 Å². The van der Waals surface area contributed by atoms with Crippen LogP contribution in [0.2, 0.25) is 0 Å². The zero-order chi connectivity index (χ0) is 15.5. The standard InChI is InChI=1S/C14H14N4OS3/c1-9(22-14-15-5-6-18(14)2)12(19)17-13-16-10(8-21-13)11-4-3-7-20-11/h3-9H,1-2H3,(H,16,17,19). The molecule has 0 aromatic carbocycles. The lowest BCUT2D eigenvalue weighted by molar-refractivity contribution is -0.115. The number of thiazole rings is 1. The molecule has 0 fully saturated rings. The molecule has 3 rings (SSSR count). The molecule has 1 atom stereocenters. The first-order chi connectivity index (χ1) is 10.6. The van der Waals surface area contributed by atoms with Gasteiger partial charge in [0, 0.05) is 24.8 Å². The Hall–Kier alpha value is -1.64. The van der Waals surface area contributed by atoms with Gasteiger partial charge < -0.3 is 9.88 Å². The van der Waals surface area contributed by atoms with Gasteiger partial charge >= 0.3 is 0 Å². The van der Waals surface area contributed by atoms with Crippen molar-refractivity contribution in [2.45, 2.75) is 17.3 Å². The summed E-state index contributed by atoms with van der Waals surface area (Å²) in [6, 6.07) is 4.01. The van der Waals surface area contributed by atoms with Gasteiger partial charge in [0.25, 0.3) is 0 Å². The molecule has 1 N–H and O–H groups in total. The van der Waals surface area contributed by atoms with Crippen LogP contribution < -0.4 is 5.32 Å². The maximum Gasteiger partial charge on any atom is 0.239 e. The second-order valence-corrected chi connectivity index (χ2v) is 7.70. The fourth-order valence-electron chi connectivity index (χ4n) is 1.75. The summed E-state index contributed by atoms with van der Waals surface area (Å²) >= 11 is 4.50. The Morgan fingerprint density at radius 1 is 1.45 bits per heavy atom. The van der Waals surface area contributed by atoms with Gasteiger partial charge in [0.15, 0.2) is 10.3 Å². The van der Waals surface area contributed by atoms with Crippen LogP contribution in [0.5, 0.6) is 0 Å². The molecular formula is C14H14N4OS3. The van der Waals surface area contributed by atoms with E-state index in [1.165, 1.54) is 23.1 Å². The molecular weight excluding hydrogens is 336 g/mol. The van der Waals surface area contributed by atoms with Crippen molar-refractivity contribution in [2.24, 2.45) is 7.05 Å². The maximum absolute atomic E-state index is 12.2. The van der Waals surface area contributed by atoms with E-state index in [0.717, 1.165) is 15.7 Å². The Labute approximate surface area is 140 Å². The van der Waals surface area contributed by atoms with E-state index in [-0.39, 0.29) is 11.2 Å². The van der Waals surface area contributed by atoms with Gasteiger partial charge in [-0.3, -0.25) is 4.79 Å². The number of rotatable bonds is 5. The summed E-state index contributed by atoms with van der Waals surface area (Å²) < 4.78 is 1.90. The Bertz CT molecular complexity index is 763. The Morgan fingerprint density at radius 2 is 2.32 bits per heavy atom. The number of hydrogen-bond acceptors (Lipinski definition) is 6. The monoisotopic (exact) mass is 350 g/mol. The van der Waals surface area contributed by atoms with Gasteiger partial charge in [-0.05, 0) is 18.4 Å². The molecule has 0 aliphatic carbocycles. The van der Waals surface area contributed by atoms with Crippen molar-refractivity contribution >= 4 is 45.5 Å². The van der Waals surface area contributed by atoms with E-state index < -0.39 is 0 Å². The highest BCUT2D eigenvalue weighted by molar-refractivity contribution is 8.00. The maximum atomic E-state index is 12.2. The molecule has 1 unspecified atom stereocenters. The summed E-state index contributed by atoms with van der Waals surface area (Å²) in [4.78, 5) is 22.0. The lowest BCUT2D eigenvalue weighted by Crippen LogP contribution is -2.22. The van der Waals surface area contributed by atoms with Gasteiger partial charge in [-0.15, -0.1) is 22.7 Å². The van der Waals surface area contributed by atoms with E-state index in [1.807, 2.05) is 47.6 Å². The number of thioether (sulfide) groups is 1. The van der Waals surface area contributed by atoms with Gasteiger partial charge in [0.1, 0.15) is 0 Å². The van der Waals surface area contributed by atoms with Crippen molar-refractivity contribution in [1.29, 1.82) is 0 Å². The van der Waals surface area contributed by atoms with Crippen LogP contribution in [0.25, 0.3) is 10.6 Å². The molecule has 0 bridgehead atoms. The SMILES string of the molecule is CC(Sc1nccn1C)C(=O)Nc1nc(-c2cccs2)cs1. The van der Waals surface area contributed by atoms with Crippen molar-refractivity contribution in [2.75, 3.05) is 5.32 Å². The van der Waals surface area contributed by atoms with Gasteiger partial charge in [0.2, 0.25) is 5.91 Å². The Morgan fingerprint density at radius 3 is 3.00 bits per heavy atom. The van der Waals surface area contributed by atoms with Crippen LogP contribution in [0.4, 0.5) is 5.13 Å². The Balaban J connectivity index is 1.63. The number of imidazole rings is 1. The quantitative estimate of drug-likeness (QED) is 0.713. The van der Waals surface area contributed by atoms with Crippen LogP contribution in [0.15, 0.2) is 40.4 Å². The molecule has 114 valence electrons. The Kier molecular flexibility index (Phi) is 4.60. The molecule has 5 nitrogen and oxygen atoms in total. The second-order valence-electron chi connectivity index (χ2n) is 4.59. The molecule has 8 heteroatoms. The van der Waals surface area contributed by atoms with E-state index >= 15 is 0 Å². The van der Waals surface area contributed by atoms with Gasteiger partial charge in [0.05, 0.1) is 15.8 Å². The molecule has 0 aliphatic rings. The number of aryl methyl sites for hydroxylation is 1. The fraction of sp³-hybridized carbons (Fsp3) is 0.214. The zero-order valence-electron chi connectivity index (χ0n) is 12.0. The molecule has 0 saturated heterocycles. The minimum Gasteiger partial charge on any atom is -0.329 e. The van der Waals surface area contributed by atoms with Crippen molar-refractivity contribution in [3.8, 4) is 10.6 Å². The molecule has 0 aliphatic heterocycles. The average Bonchev–Trinajstić information content (AvgIpc) is 3.21. The van der Waals surface area contributed by atoms with E-state index in [0.29, 0.717) is 5.13 Å². The summed E-state index contributed by atoms with van der Waals surface area (Å²) in [6.07, 6.45) is 3.59. The molecule has 3 aromatic rings. The van der Waals surface area contributed by atoms with Gasteiger partial charge in [-0.2, -0.15) is 0 Å². The number of nitrogens with one attached hydrogen (secondary N) is 1. The fourth-order valence-corrected chi connectivity index (χ4v) is 4.06. The third-order valence-corrected chi connectivity index (χ3v) is 5.76. The number of nitrogens with zero attached hydrogens (tertiary/aromatic N) is 3. The van der Waals surface area contributed by atoms with Crippen molar-refractivity contribution in [3.63, 3.8) is 0 Å². The van der Waals surface area contributed by atoms with E-state index in [2.05, 4.69) is 15.3 Å². The van der Waals surface area contributed by atoms with Gasteiger partial charge in [-0.1, -0.05) is 17.8 Å². The molecule has 0 spiro atoms. The van der Waals surface area contributed by atoms with Crippen LogP contribution in [0, 0.1) is 0 Å². The first kappa shape index (κ1) is 15.3. The van der Waals surface area contributed by atoms with E-state index in [4.69, 9.17) is 0 Å². The number of hydrogen-bond donors (Lipinski definition) is 1. The highest BCUT2D eigenvalue weighted by atomic mass is 32.2. The van der Waals surface area contributed by atoms with Gasteiger partial charge in [-0.25, -0.2) is 9.97 Å². The number of aromatic nitrogens is 3. The minimum atomic E-state index is -0.241. The van der Waals surface area contributed by atoms with E-state index in [1.54, 1.807) is 17.5 Å². The number of amides is 1. The molecule has 0 radical (unpaired) electrons. The molecule has 3 heterocycles. The van der Waals surface area contributed by atoms with Crippen molar-refractivity contribution in [3.05, 3.63) is 35.3 Å². The molecule has 0 saturated carbocycles. The second kappa shape index (κ2) is 6.64. The van der Waals surface area contributed by atoms with Crippen LogP contribution in [0.1, 0.15) is 6.92 Å². The number of carbonyl (C=O) groups excluding carboxylic acids is 1. The smallest absolute Gasteiger partial charge is 0.239 e. The normalized spacial score (nSPS) is 12.3. The third-order valence-electron chi connectivity index (χ3n) is 2.94. The molecule has 1 amide bonds. The summed E-state index contributed by atoms with van der Waals surface area (Å²) in [5, 5.41) is 8.05. The molecule has 3 aromatic heterocycles. The largest absolute Gasteiger partial charge is 0.329 e. The summed E-state index contributed by atoms with van der Waals surface area (Å²) in [5.41, 5.74) is 0.903. The first-order valence-corrected chi connectivity index (χ1v) is 9.21.